The number of aromatic nitrogens is 3. The van der Waals surface area contributed by atoms with Crippen molar-refractivity contribution in [3.63, 3.8) is 0 Å². The van der Waals surface area contributed by atoms with E-state index in [9.17, 15) is 0 Å². The molecule has 5 heteroatoms. The molecule has 0 N–H and O–H groups in total. The minimum atomic E-state index is 0.588. The molecular formula is C50H29N5. The van der Waals surface area contributed by atoms with Gasteiger partial charge in [-0.15, -0.1) is 0 Å². The van der Waals surface area contributed by atoms with Crippen molar-refractivity contribution in [3.8, 4) is 28.2 Å². The highest BCUT2D eigenvalue weighted by Gasteiger charge is 2.20. The maximum Gasteiger partial charge on any atom is 0.189 e. The first-order valence-corrected chi connectivity index (χ1v) is 18.3. The summed E-state index contributed by atoms with van der Waals surface area (Å²) >= 11 is 0. The fourth-order valence-corrected chi connectivity index (χ4v) is 8.71. The number of fused-ring (bicyclic) bond motifs is 9. The van der Waals surface area contributed by atoms with Gasteiger partial charge >= 0.3 is 0 Å². The van der Waals surface area contributed by atoms with E-state index in [0.717, 1.165) is 72.1 Å². The van der Waals surface area contributed by atoms with E-state index in [0.29, 0.717) is 11.4 Å². The Bertz CT molecular complexity index is 3350. The van der Waals surface area contributed by atoms with Crippen molar-refractivity contribution >= 4 is 76.8 Å². The van der Waals surface area contributed by atoms with Gasteiger partial charge < -0.3 is 13.7 Å². The molecule has 254 valence electrons. The molecule has 5 nitrogen and oxygen atoms in total. The predicted molar refractivity (Wildman–Crippen MR) is 227 cm³/mol. The maximum absolute atomic E-state index is 8.01. The SMILES string of the molecule is [C-]#[N+]c1cc(-c2ccc(-n3c4cc([N+]#[C-])ccc4c4c(-n5c6ccccc6c6ccccc65)cccc43)cc2)cc(-n2c3ccccc3c3ccccc32)c1. The topological polar surface area (TPSA) is 23.5 Å². The summed E-state index contributed by atoms with van der Waals surface area (Å²) in [4.78, 5) is 7.73. The summed E-state index contributed by atoms with van der Waals surface area (Å²) in [6.07, 6.45) is 0. The zero-order valence-corrected chi connectivity index (χ0v) is 29.5. The van der Waals surface area contributed by atoms with E-state index < -0.39 is 0 Å². The Morgan fingerprint density at radius 3 is 1.44 bits per heavy atom. The van der Waals surface area contributed by atoms with E-state index in [1.165, 1.54) is 21.5 Å². The number of nitrogens with zero attached hydrogens (tertiary/aromatic N) is 5. The van der Waals surface area contributed by atoms with Crippen LogP contribution in [0.15, 0.2) is 176 Å². The Morgan fingerprint density at radius 1 is 0.327 bits per heavy atom. The Morgan fingerprint density at radius 2 is 0.855 bits per heavy atom. The molecule has 11 rings (SSSR count). The molecule has 3 heterocycles. The number of para-hydroxylation sites is 4. The lowest BCUT2D eigenvalue weighted by atomic mass is 10.0. The molecule has 0 unspecified atom stereocenters. The smallest absolute Gasteiger partial charge is 0.189 e. The van der Waals surface area contributed by atoms with Crippen LogP contribution < -0.4 is 0 Å². The summed E-state index contributed by atoms with van der Waals surface area (Å²) in [5.41, 5.74) is 12.8. The predicted octanol–water partition coefficient (Wildman–Crippen LogP) is 13.7. The fourth-order valence-electron chi connectivity index (χ4n) is 8.71. The maximum atomic E-state index is 8.01. The highest BCUT2D eigenvalue weighted by molar-refractivity contribution is 6.17. The molecule has 0 radical (unpaired) electrons. The van der Waals surface area contributed by atoms with Gasteiger partial charge in [0, 0.05) is 49.2 Å². The quantitative estimate of drug-likeness (QED) is 0.163. The van der Waals surface area contributed by atoms with E-state index in [1.807, 2.05) is 24.3 Å². The molecule has 0 spiro atoms. The van der Waals surface area contributed by atoms with Crippen molar-refractivity contribution < 1.29 is 0 Å². The molecule has 8 aromatic carbocycles. The second kappa shape index (κ2) is 11.8. The fraction of sp³-hybridized carbons (Fsp3) is 0. The summed E-state index contributed by atoms with van der Waals surface area (Å²) in [5, 5.41) is 7.02. The van der Waals surface area contributed by atoms with Crippen molar-refractivity contribution in [1.82, 2.24) is 13.7 Å². The largest absolute Gasteiger partial charge is 0.310 e. The first-order valence-electron chi connectivity index (χ1n) is 18.3. The first-order chi connectivity index (χ1) is 27.2. The number of hydrogen-bond donors (Lipinski definition) is 0. The summed E-state index contributed by atoms with van der Waals surface area (Å²) < 4.78 is 6.92. The lowest BCUT2D eigenvalue weighted by Crippen LogP contribution is -1.97. The average molecular weight is 700 g/mol. The summed E-state index contributed by atoms with van der Waals surface area (Å²) in [5.74, 6) is 0. The number of hydrogen-bond acceptors (Lipinski definition) is 0. The van der Waals surface area contributed by atoms with Crippen LogP contribution >= 0.6 is 0 Å². The first kappa shape index (κ1) is 30.7. The Hall–Kier alpha value is -7.86. The minimum Gasteiger partial charge on any atom is -0.310 e. The molecule has 0 bridgehead atoms. The zero-order valence-electron chi connectivity index (χ0n) is 29.5. The summed E-state index contributed by atoms with van der Waals surface area (Å²) in [7, 11) is 0. The molecular weight excluding hydrogens is 671 g/mol. The molecule has 0 saturated heterocycles. The van der Waals surface area contributed by atoms with Gasteiger partial charge in [0.2, 0.25) is 0 Å². The van der Waals surface area contributed by atoms with Crippen molar-refractivity contribution in [2.75, 3.05) is 0 Å². The van der Waals surface area contributed by atoms with E-state index >= 15 is 0 Å². The molecule has 0 amide bonds. The van der Waals surface area contributed by atoms with Crippen molar-refractivity contribution in [3.05, 3.63) is 199 Å². The van der Waals surface area contributed by atoms with Crippen LogP contribution in [0, 0.1) is 13.1 Å². The van der Waals surface area contributed by atoms with Crippen LogP contribution in [0.4, 0.5) is 11.4 Å². The average Bonchev–Trinajstić information content (AvgIpc) is 3.89. The second-order valence-electron chi connectivity index (χ2n) is 14.0. The van der Waals surface area contributed by atoms with Crippen LogP contribution in [0.25, 0.3) is 103 Å². The molecule has 0 fully saturated rings. The normalized spacial score (nSPS) is 11.6. The lowest BCUT2D eigenvalue weighted by molar-refractivity contribution is 1.17. The Kier molecular flexibility index (Phi) is 6.61. The monoisotopic (exact) mass is 699 g/mol. The summed E-state index contributed by atoms with van der Waals surface area (Å²) in [6, 6.07) is 61.3. The molecule has 55 heavy (non-hydrogen) atoms. The molecule has 11 aromatic rings. The van der Waals surface area contributed by atoms with Gasteiger partial charge in [-0.2, -0.15) is 0 Å². The lowest BCUT2D eigenvalue weighted by Gasteiger charge is -2.13. The van der Waals surface area contributed by atoms with Gasteiger partial charge in [-0.1, -0.05) is 103 Å². The molecule has 0 aliphatic rings. The number of benzene rings is 8. The van der Waals surface area contributed by atoms with Crippen LogP contribution in [0.3, 0.4) is 0 Å². The molecule has 0 atom stereocenters. The van der Waals surface area contributed by atoms with Gasteiger partial charge in [0.1, 0.15) is 0 Å². The summed E-state index contributed by atoms with van der Waals surface area (Å²) in [6.45, 7) is 15.9. The van der Waals surface area contributed by atoms with Crippen LogP contribution in [0.1, 0.15) is 0 Å². The van der Waals surface area contributed by atoms with Crippen LogP contribution in [0.2, 0.25) is 0 Å². The number of rotatable bonds is 4. The molecule has 0 aliphatic carbocycles. The standard InChI is InChI=1S/C50H29N5/c1-51-34-24-27-42-49(31-34)53(47-20-11-21-48(50(42)47)55-45-18-9-5-14-40(45)41-15-6-10-19-46(41)55)36-25-22-32(23-26-36)33-28-35(52-2)30-37(29-33)54-43-16-7-3-12-38(43)39-13-4-8-17-44(39)54/h3-31H. The molecule has 3 aromatic heterocycles. The second-order valence-corrected chi connectivity index (χ2v) is 14.0. The highest BCUT2D eigenvalue weighted by atomic mass is 15.0. The van der Waals surface area contributed by atoms with Gasteiger partial charge in [-0.05, 0) is 83.9 Å². The van der Waals surface area contributed by atoms with E-state index in [1.54, 1.807) is 0 Å². The van der Waals surface area contributed by atoms with Gasteiger partial charge in [-0.25, -0.2) is 9.69 Å². The van der Waals surface area contributed by atoms with Crippen molar-refractivity contribution in [2.45, 2.75) is 0 Å². The highest BCUT2D eigenvalue weighted by Crippen LogP contribution is 2.42. The van der Waals surface area contributed by atoms with Crippen LogP contribution in [0.5, 0.6) is 0 Å². The van der Waals surface area contributed by atoms with E-state index in [4.69, 9.17) is 13.1 Å². The van der Waals surface area contributed by atoms with Gasteiger partial charge in [0.15, 0.2) is 11.4 Å². The van der Waals surface area contributed by atoms with E-state index in [2.05, 4.69) is 175 Å². The third kappa shape index (κ3) is 4.51. The molecule has 0 aliphatic heterocycles. The van der Waals surface area contributed by atoms with Gasteiger partial charge in [0.25, 0.3) is 0 Å². The molecule has 0 saturated carbocycles. The van der Waals surface area contributed by atoms with E-state index in [-0.39, 0.29) is 0 Å². The third-order valence-corrected chi connectivity index (χ3v) is 11.0. The zero-order chi connectivity index (χ0) is 36.6. The van der Waals surface area contributed by atoms with Crippen LogP contribution in [-0.4, -0.2) is 13.7 Å². The van der Waals surface area contributed by atoms with Gasteiger partial charge in [-0.3, -0.25) is 0 Å². The minimum absolute atomic E-state index is 0.588. The van der Waals surface area contributed by atoms with Crippen molar-refractivity contribution in [1.29, 1.82) is 0 Å². The van der Waals surface area contributed by atoms with Crippen LogP contribution in [-0.2, 0) is 0 Å². The van der Waals surface area contributed by atoms with Gasteiger partial charge in [0.05, 0.1) is 46.4 Å². The third-order valence-electron chi connectivity index (χ3n) is 11.0. The Labute approximate surface area is 316 Å². The van der Waals surface area contributed by atoms with Crippen molar-refractivity contribution in [2.24, 2.45) is 0 Å². The Balaban J connectivity index is 1.10.